The Balaban J connectivity index is 1.33. The number of fused-ring (bicyclic) bond motifs is 1. The predicted molar refractivity (Wildman–Crippen MR) is 95.7 cm³/mol. The maximum absolute atomic E-state index is 12.6. The third-order valence-corrected chi connectivity index (χ3v) is 4.72. The van der Waals surface area contributed by atoms with Gasteiger partial charge in [0.2, 0.25) is 5.91 Å². The molecule has 3 aromatic rings. The molecule has 0 saturated carbocycles. The second kappa shape index (κ2) is 7.14. The highest BCUT2D eigenvalue weighted by Gasteiger charge is 2.32. The summed E-state index contributed by atoms with van der Waals surface area (Å²) in [6, 6.07) is 7.73. The minimum absolute atomic E-state index is 0.0643. The number of aromatic nitrogens is 2. The lowest BCUT2D eigenvalue weighted by atomic mass is 10.1. The Morgan fingerprint density at radius 2 is 2.11 bits per heavy atom. The summed E-state index contributed by atoms with van der Waals surface area (Å²) < 4.78 is 43.0. The van der Waals surface area contributed by atoms with Crippen LogP contribution in [0.4, 0.5) is 18.9 Å². The normalized spacial score (nSPS) is 17.2. The molecule has 1 atom stereocenters. The molecule has 1 aliphatic rings. The molecule has 0 aliphatic carbocycles. The fourth-order valence-electron chi connectivity index (χ4n) is 3.33. The van der Waals surface area contributed by atoms with Crippen LogP contribution in [0, 0.1) is 0 Å². The van der Waals surface area contributed by atoms with Crippen molar-refractivity contribution in [1.29, 1.82) is 0 Å². The fraction of sp³-hybridized carbons (Fsp3) is 0.316. The number of hydrogen-bond donors (Lipinski definition) is 1. The van der Waals surface area contributed by atoms with Gasteiger partial charge in [-0.15, -0.1) is 0 Å². The van der Waals surface area contributed by atoms with E-state index < -0.39 is 11.9 Å². The predicted octanol–water partition coefficient (Wildman–Crippen LogP) is 3.18. The summed E-state index contributed by atoms with van der Waals surface area (Å²) in [6.45, 7) is 1.17. The van der Waals surface area contributed by atoms with Gasteiger partial charge in [-0.1, -0.05) is 6.07 Å². The van der Waals surface area contributed by atoms with E-state index in [9.17, 15) is 18.0 Å². The molecule has 1 aliphatic heterocycles. The summed E-state index contributed by atoms with van der Waals surface area (Å²) in [5, 5.41) is 2.98. The van der Waals surface area contributed by atoms with Crippen LogP contribution < -0.4 is 10.2 Å². The molecular weight excluding hydrogens is 373 g/mol. The molecule has 0 unspecified atom stereocenters. The van der Waals surface area contributed by atoms with Crippen molar-refractivity contribution in [3.8, 4) is 0 Å². The van der Waals surface area contributed by atoms with Gasteiger partial charge in [-0.3, -0.25) is 4.79 Å². The smallest absolute Gasteiger partial charge is 0.433 e. The summed E-state index contributed by atoms with van der Waals surface area (Å²) in [4.78, 5) is 21.8. The molecule has 0 bridgehead atoms. The van der Waals surface area contributed by atoms with Gasteiger partial charge in [0.15, 0.2) is 12.0 Å². The van der Waals surface area contributed by atoms with Crippen molar-refractivity contribution in [2.75, 3.05) is 18.0 Å². The number of rotatable bonds is 4. The number of hydrogen-bond acceptors (Lipinski definition) is 5. The Morgan fingerprint density at radius 3 is 2.86 bits per heavy atom. The third-order valence-electron chi connectivity index (χ3n) is 4.72. The Labute approximate surface area is 158 Å². The van der Waals surface area contributed by atoms with E-state index in [0.717, 1.165) is 18.1 Å². The van der Waals surface area contributed by atoms with Crippen LogP contribution in [0.1, 0.15) is 17.7 Å². The molecule has 3 heterocycles. The minimum Gasteiger partial charge on any atom is -0.443 e. The molecule has 0 radical (unpaired) electrons. The molecule has 1 saturated heterocycles. The van der Waals surface area contributed by atoms with Crippen molar-refractivity contribution >= 4 is 22.7 Å². The van der Waals surface area contributed by atoms with E-state index >= 15 is 0 Å². The standard InChI is InChI=1S/C19H17F3N4O2/c20-19(21,22)17-4-2-14(9-23-17)26-6-5-13(10-26)25-18(27)8-12-1-3-16-15(7-12)24-11-28-16/h1-4,7,9,11,13H,5-6,8,10H2,(H,25,27)/t13-/m1/s1. The van der Waals surface area contributed by atoms with E-state index in [0.29, 0.717) is 29.9 Å². The first-order valence-corrected chi connectivity index (χ1v) is 8.78. The highest BCUT2D eigenvalue weighted by atomic mass is 19.4. The highest BCUT2D eigenvalue weighted by Crippen LogP contribution is 2.29. The molecule has 4 rings (SSSR count). The lowest BCUT2D eigenvalue weighted by Gasteiger charge is -2.19. The number of alkyl halides is 3. The largest absolute Gasteiger partial charge is 0.443 e. The van der Waals surface area contributed by atoms with E-state index in [2.05, 4.69) is 15.3 Å². The van der Waals surface area contributed by atoms with Gasteiger partial charge in [-0.05, 0) is 36.2 Å². The lowest BCUT2D eigenvalue weighted by molar-refractivity contribution is -0.141. The average molecular weight is 390 g/mol. The number of oxazole rings is 1. The molecule has 1 aromatic carbocycles. The van der Waals surface area contributed by atoms with Gasteiger partial charge < -0.3 is 14.6 Å². The maximum Gasteiger partial charge on any atom is 0.433 e. The summed E-state index contributed by atoms with van der Waals surface area (Å²) in [5.41, 5.74) is 1.90. The van der Waals surface area contributed by atoms with Gasteiger partial charge in [0.25, 0.3) is 0 Å². The van der Waals surface area contributed by atoms with E-state index in [4.69, 9.17) is 4.42 Å². The molecule has 146 valence electrons. The van der Waals surface area contributed by atoms with Crippen LogP contribution in [0.2, 0.25) is 0 Å². The summed E-state index contributed by atoms with van der Waals surface area (Å²) in [7, 11) is 0. The third kappa shape index (κ3) is 3.92. The quantitative estimate of drug-likeness (QED) is 0.741. The molecule has 1 amide bonds. The van der Waals surface area contributed by atoms with E-state index in [-0.39, 0.29) is 18.4 Å². The monoisotopic (exact) mass is 390 g/mol. The van der Waals surface area contributed by atoms with Gasteiger partial charge in [-0.2, -0.15) is 13.2 Å². The van der Waals surface area contributed by atoms with Crippen molar-refractivity contribution in [2.24, 2.45) is 0 Å². The van der Waals surface area contributed by atoms with Crippen LogP contribution >= 0.6 is 0 Å². The number of nitrogens with zero attached hydrogens (tertiary/aromatic N) is 3. The number of anilines is 1. The Morgan fingerprint density at radius 1 is 1.25 bits per heavy atom. The SMILES string of the molecule is O=C(Cc1ccc2ocnc2c1)N[C@@H]1CCN(c2ccc(C(F)(F)F)nc2)C1. The summed E-state index contributed by atoms with van der Waals surface area (Å²) in [5.74, 6) is -0.111. The van der Waals surface area contributed by atoms with E-state index in [1.54, 1.807) is 6.07 Å². The van der Waals surface area contributed by atoms with Crippen LogP contribution in [0.5, 0.6) is 0 Å². The van der Waals surface area contributed by atoms with Crippen molar-refractivity contribution in [3.05, 3.63) is 54.2 Å². The Hall–Kier alpha value is -3.10. The first-order chi connectivity index (χ1) is 13.4. The number of halogens is 3. The van der Waals surface area contributed by atoms with Crippen LogP contribution in [-0.2, 0) is 17.4 Å². The number of carbonyl (C=O) groups is 1. The number of pyridine rings is 1. The number of benzene rings is 1. The first-order valence-electron chi connectivity index (χ1n) is 8.78. The zero-order chi connectivity index (χ0) is 19.7. The zero-order valence-electron chi connectivity index (χ0n) is 14.7. The average Bonchev–Trinajstić information content (AvgIpc) is 3.30. The van der Waals surface area contributed by atoms with Crippen LogP contribution in [-0.4, -0.2) is 35.0 Å². The van der Waals surface area contributed by atoms with E-state index in [1.165, 1.54) is 18.7 Å². The fourth-order valence-corrected chi connectivity index (χ4v) is 3.33. The van der Waals surface area contributed by atoms with Crippen molar-refractivity contribution in [1.82, 2.24) is 15.3 Å². The Kier molecular flexibility index (Phi) is 4.66. The molecule has 0 spiro atoms. The number of nitrogens with one attached hydrogen (secondary N) is 1. The molecule has 9 heteroatoms. The molecule has 6 nitrogen and oxygen atoms in total. The second-order valence-corrected chi connectivity index (χ2v) is 6.73. The van der Waals surface area contributed by atoms with E-state index in [1.807, 2.05) is 17.0 Å². The first kappa shape index (κ1) is 18.3. The van der Waals surface area contributed by atoms with Gasteiger partial charge in [-0.25, -0.2) is 9.97 Å². The van der Waals surface area contributed by atoms with Crippen LogP contribution in [0.15, 0.2) is 47.3 Å². The van der Waals surface area contributed by atoms with Gasteiger partial charge >= 0.3 is 6.18 Å². The summed E-state index contributed by atoms with van der Waals surface area (Å²) in [6.07, 6.45) is -0.927. The molecule has 2 aromatic heterocycles. The van der Waals surface area contributed by atoms with Crippen LogP contribution in [0.3, 0.4) is 0 Å². The number of amides is 1. The molecule has 28 heavy (non-hydrogen) atoms. The van der Waals surface area contributed by atoms with Crippen LogP contribution in [0.25, 0.3) is 11.1 Å². The molecular formula is C19H17F3N4O2. The Bertz CT molecular complexity index is 985. The highest BCUT2D eigenvalue weighted by molar-refractivity contribution is 5.81. The lowest BCUT2D eigenvalue weighted by Crippen LogP contribution is -2.38. The van der Waals surface area contributed by atoms with Crippen molar-refractivity contribution < 1.29 is 22.4 Å². The van der Waals surface area contributed by atoms with Crippen molar-refractivity contribution in [2.45, 2.75) is 25.1 Å². The van der Waals surface area contributed by atoms with Gasteiger partial charge in [0.1, 0.15) is 11.2 Å². The second-order valence-electron chi connectivity index (χ2n) is 6.73. The van der Waals surface area contributed by atoms with Gasteiger partial charge in [0, 0.05) is 19.1 Å². The zero-order valence-corrected chi connectivity index (χ0v) is 14.7. The number of carbonyl (C=O) groups excluding carboxylic acids is 1. The molecule has 1 fully saturated rings. The minimum atomic E-state index is -4.45. The van der Waals surface area contributed by atoms with Crippen molar-refractivity contribution in [3.63, 3.8) is 0 Å². The molecule has 1 N–H and O–H groups in total. The topological polar surface area (TPSA) is 71.3 Å². The maximum atomic E-state index is 12.6. The summed E-state index contributed by atoms with van der Waals surface area (Å²) >= 11 is 0. The van der Waals surface area contributed by atoms with Gasteiger partial charge in [0.05, 0.1) is 18.3 Å².